The molecule has 0 N–H and O–H groups in total. The van der Waals surface area contributed by atoms with Gasteiger partial charge in [-0.2, -0.15) is 9.78 Å². The Morgan fingerprint density at radius 3 is 2.48 bits per heavy atom. The summed E-state index contributed by atoms with van der Waals surface area (Å²) in [6.45, 7) is 5.66. The number of aromatic nitrogens is 2. The lowest BCUT2D eigenvalue weighted by Crippen LogP contribution is -2.54. The number of ketones is 1. The third kappa shape index (κ3) is 4.56. The predicted molar refractivity (Wildman–Crippen MR) is 116 cm³/mol. The van der Waals surface area contributed by atoms with E-state index in [4.69, 9.17) is 0 Å². The molecule has 2 heterocycles. The minimum atomic E-state index is -0.252. The normalized spacial score (nSPS) is 17.0. The summed E-state index contributed by atoms with van der Waals surface area (Å²) in [5.41, 5.74) is 2.76. The average molecular weight is 420 g/mol. The molecule has 1 aliphatic heterocycles. The molecule has 160 valence electrons. The quantitative estimate of drug-likeness (QED) is 0.597. The molecule has 0 unspecified atom stereocenters. The fourth-order valence-electron chi connectivity index (χ4n) is 3.94. The van der Waals surface area contributed by atoms with Gasteiger partial charge >= 0.3 is 6.03 Å². The average Bonchev–Trinajstić information content (AvgIpc) is 3.26. The SMILES string of the molecule is CC(=O)c1ccn(C(=O)N2CCN(Cc3ccc(-c4ccccc4)cc3F)C[C@H]2C)n1. The second-order valence-corrected chi connectivity index (χ2v) is 7.93. The highest BCUT2D eigenvalue weighted by atomic mass is 19.1. The molecule has 4 rings (SSSR count). The van der Waals surface area contributed by atoms with E-state index in [-0.39, 0.29) is 29.4 Å². The van der Waals surface area contributed by atoms with E-state index in [9.17, 15) is 14.0 Å². The van der Waals surface area contributed by atoms with E-state index in [0.717, 1.165) is 11.1 Å². The molecule has 1 amide bonds. The number of amides is 1. The van der Waals surface area contributed by atoms with Crippen LogP contribution in [-0.4, -0.2) is 57.1 Å². The van der Waals surface area contributed by atoms with E-state index in [1.165, 1.54) is 17.8 Å². The van der Waals surface area contributed by atoms with Gasteiger partial charge in [0.05, 0.1) is 0 Å². The maximum atomic E-state index is 14.8. The smallest absolute Gasteiger partial charge is 0.318 e. The van der Waals surface area contributed by atoms with Gasteiger partial charge in [0.15, 0.2) is 5.78 Å². The minimum Gasteiger partial charge on any atom is -0.318 e. The van der Waals surface area contributed by atoms with E-state index < -0.39 is 0 Å². The Morgan fingerprint density at radius 1 is 1.06 bits per heavy atom. The van der Waals surface area contributed by atoms with E-state index in [2.05, 4.69) is 10.00 Å². The molecular formula is C24H25FN4O2. The van der Waals surface area contributed by atoms with Gasteiger partial charge in [0.2, 0.25) is 0 Å². The molecule has 1 fully saturated rings. The maximum Gasteiger partial charge on any atom is 0.344 e. The van der Waals surface area contributed by atoms with Crippen molar-refractivity contribution in [2.45, 2.75) is 26.4 Å². The molecule has 1 atom stereocenters. The highest BCUT2D eigenvalue weighted by Crippen LogP contribution is 2.23. The van der Waals surface area contributed by atoms with Gasteiger partial charge in [-0.15, -0.1) is 0 Å². The summed E-state index contributed by atoms with van der Waals surface area (Å²) in [6.07, 6.45) is 1.52. The largest absolute Gasteiger partial charge is 0.344 e. The molecule has 1 saturated heterocycles. The Hall–Kier alpha value is -3.32. The highest BCUT2D eigenvalue weighted by molar-refractivity contribution is 5.92. The first-order valence-corrected chi connectivity index (χ1v) is 10.4. The lowest BCUT2D eigenvalue weighted by Gasteiger charge is -2.39. The Bertz CT molecular complexity index is 1100. The van der Waals surface area contributed by atoms with Gasteiger partial charge in [0, 0.05) is 50.9 Å². The van der Waals surface area contributed by atoms with Crippen molar-refractivity contribution in [1.82, 2.24) is 19.6 Å². The minimum absolute atomic E-state index is 0.0575. The van der Waals surface area contributed by atoms with Gasteiger partial charge in [-0.1, -0.05) is 42.5 Å². The molecule has 0 bridgehead atoms. The van der Waals surface area contributed by atoms with Crippen LogP contribution < -0.4 is 0 Å². The molecule has 3 aromatic rings. The van der Waals surface area contributed by atoms with Crippen molar-refractivity contribution in [3.8, 4) is 11.1 Å². The van der Waals surface area contributed by atoms with Crippen molar-refractivity contribution in [3.63, 3.8) is 0 Å². The van der Waals surface area contributed by atoms with Crippen molar-refractivity contribution in [2.24, 2.45) is 0 Å². The van der Waals surface area contributed by atoms with Gasteiger partial charge in [-0.3, -0.25) is 9.69 Å². The molecule has 1 aromatic heterocycles. The molecule has 31 heavy (non-hydrogen) atoms. The number of benzene rings is 2. The Kier molecular flexibility index (Phi) is 5.95. The summed E-state index contributed by atoms with van der Waals surface area (Å²) in [4.78, 5) is 28.1. The van der Waals surface area contributed by atoms with E-state index in [1.807, 2.05) is 49.4 Å². The lowest BCUT2D eigenvalue weighted by atomic mass is 10.0. The van der Waals surface area contributed by atoms with E-state index in [0.29, 0.717) is 31.7 Å². The number of hydrogen-bond donors (Lipinski definition) is 0. The van der Waals surface area contributed by atoms with Crippen molar-refractivity contribution >= 4 is 11.8 Å². The van der Waals surface area contributed by atoms with Gasteiger partial charge in [-0.05, 0) is 30.2 Å². The van der Waals surface area contributed by atoms with Crippen LogP contribution in [0, 0.1) is 5.82 Å². The highest BCUT2D eigenvalue weighted by Gasteiger charge is 2.29. The second kappa shape index (κ2) is 8.81. The van der Waals surface area contributed by atoms with Crippen LogP contribution in [0.4, 0.5) is 9.18 Å². The Balaban J connectivity index is 1.40. The van der Waals surface area contributed by atoms with Crippen LogP contribution in [0.1, 0.15) is 29.9 Å². The van der Waals surface area contributed by atoms with Crippen LogP contribution in [-0.2, 0) is 6.54 Å². The van der Waals surface area contributed by atoms with Gasteiger partial charge in [0.25, 0.3) is 0 Å². The fraction of sp³-hybridized carbons (Fsp3) is 0.292. The number of nitrogens with zero attached hydrogens (tertiary/aromatic N) is 4. The first-order valence-electron chi connectivity index (χ1n) is 10.4. The molecule has 1 aliphatic rings. The summed E-state index contributed by atoms with van der Waals surface area (Å²) in [5, 5.41) is 4.06. The van der Waals surface area contributed by atoms with Gasteiger partial charge in [0.1, 0.15) is 11.5 Å². The zero-order valence-corrected chi connectivity index (χ0v) is 17.7. The second-order valence-electron chi connectivity index (χ2n) is 7.93. The van der Waals surface area contributed by atoms with Crippen LogP contribution in [0.15, 0.2) is 60.8 Å². The first kappa shape index (κ1) is 20.9. The van der Waals surface area contributed by atoms with E-state index >= 15 is 0 Å². The topological polar surface area (TPSA) is 58.4 Å². The fourth-order valence-corrected chi connectivity index (χ4v) is 3.94. The molecule has 2 aromatic carbocycles. The standard InChI is InChI=1S/C24H25FN4O2/c1-17-15-27(12-13-28(17)24(31)29-11-10-23(26-29)18(2)30)16-21-9-8-20(14-22(21)25)19-6-4-3-5-7-19/h3-11,14,17H,12-13,15-16H2,1-2H3/t17-/m1/s1. The number of halogens is 1. The number of carbonyl (C=O) groups is 2. The van der Waals surface area contributed by atoms with Crippen molar-refractivity contribution in [2.75, 3.05) is 19.6 Å². The van der Waals surface area contributed by atoms with Gasteiger partial charge < -0.3 is 4.90 Å². The summed E-state index contributed by atoms with van der Waals surface area (Å²) in [5.74, 6) is -0.398. The summed E-state index contributed by atoms with van der Waals surface area (Å²) >= 11 is 0. The van der Waals surface area contributed by atoms with Crippen molar-refractivity contribution in [3.05, 3.63) is 77.9 Å². The zero-order valence-electron chi connectivity index (χ0n) is 17.7. The van der Waals surface area contributed by atoms with Crippen LogP contribution in [0.2, 0.25) is 0 Å². The van der Waals surface area contributed by atoms with Crippen LogP contribution >= 0.6 is 0 Å². The summed E-state index contributed by atoms with van der Waals surface area (Å²) < 4.78 is 16.0. The molecular weight excluding hydrogens is 395 g/mol. The van der Waals surface area contributed by atoms with Crippen molar-refractivity contribution < 1.29 is 14.0 Å². The number of rotatable bonds is 4. The monoisotopic (exact) mass is 420 g/mol. The molecule has 7 heteroatoms. The molecule has 0 radical (unpaired) electrons. The Labute approximate surface area is 180 Å². The number of piperazine rings is 1. The summed E-state index contributed by atoms with van der Waals surface area (Å²) in [7, 11) is 0. The Morgan fingerprint density at radius 2 is 1.84 bits per heavy atom. The molecule has 0 spiro atoms. The third-order valence-electron chi connectivity index (χ3n) is 5.66. The van der Waals surface area contributed by atoms with Crippen LogP contribution in [0.25, 0.3) is 11.1 Å². The van der Waals surface area contributed by atoms with Crippen molar-refractivity contribution in [1.29, 1.82) is 0 Å². The number of Topliss-reactive ketones (excluding diaryl/α,β-unsaturated/α-hetero) is 1. The zero-order chi connectivity index (χ0) is 22.0. The maximum absolute atomic E-state index is 14.8. The van der Waals surface area contributed by atoms with Gasteiger partial charge in [-0.25, -0.2) is 9.18 Å². The van der Waals surface area contributed by atoms with E-state index in [1.54, 1.807) is 17.0 Å². The molecule has 0 saturated carbocycles. The van der Waals surface area contributed by atoms with Crippen LogP contribution in [0.3, 0.4) is 0 Å². The number of carbonyl (C=O) groups excluding carboxylic acids is 2. The molecule has 6 nitrogen and oxygen atoms in total. The summed E-state index contributed by atoms with van der Waals surface area (Å²) in [6, 6.07) is 16.3. The first-order chi connectivity index (χ1) is 14.9. The van der Waals surface area contributed by atoms with Crippen LogP contribution in [0.5, 0.6) is 0 Å². The molecule has 0 aliphatic carbocycles. The number of hydrogen-bond acceptors (Lipinski definition) is 4. The predicted octanol–water partition coefficient (Wildman–Crippen LogP) is 4.07. The third-order valence-corrected chi connectivity index (χ3v) is 5.66. The lowest BCUT2D eigenvalue weighted by molar-refractivity contribution is 0.0958.